The van der Waals surface area contributed by atoms with Crippen molar-refractivity contribution in [2.45, 2.75) is 33.4 Å². The summed E-state index contributed by atoms with van der Waals surface area (Å²) in [5.74, 6) is 0.544. The summed E-state index contributed by atoms with van der Waals surface area (Å²) in [5, 5.41) is 5.28. The zero-order valence-electron chi connectivity index (χ0n) is 16.2. The Labute approximate surface area is 167 Å². The van der Waals surface area contributed by atoms with Crippen LogP contribution in [0.2, 0.25) is 0 Å². The SMILES string of the molecule is CCOC(=O)c1sc2ncnc(N3CCOC(Cn4cc(C)cn4)C3)c2c1C. The number of hydrogen-bond donors (Lipinski definition) is 0. The highest BCUT2D eigenvalue weighted by molar-refractivity contribution is 7.20. The van der Waals surface area contributed by atoms with E-state index in [2.05, 4.69) is 20.0 Å². The van der Waals surface area contributed by atoms with Crippen molar-refractivity contribution in [1.82, 2.24) is 19.7 Å². The number of thiophene rings is 1. The molecule has 1 saturated heterocycles. The fourth-order valence-electron chi connectivity index (χ4n) is 3.48. The van der Waals surface area contributed by atoms with Gasteiger partial charge in [0.25, 0.3) is 0 Å². The van der Waals surface area contributed by atoms with Gasteiger partial charge in [0.2, 0.25) is 0 Å². The molecule has 1 unspecified atom stereocenters. The Balaban J connectivity index is 1.61. The maximum Gasteiger partial charge on any atom is 0.348 e. The Hall–Kier alpha value is -2.52. The van der Waals surface area contributed by atoms with E-state index < -0.39 is 0 Å². The van der Waals surface area contributed by atoms with Crippen molar-refractivity contribution in [3.63, 3.8) is 0 Å². The average molecular weight is 401 g/mol. The fraction of sp³-hybridized carbons (Fsp3) is 0.474. The largest absolute Gasteiger partial charge is 0.462 e. The molecule has 8 nitrogen and oxygen atoms in total. The zero-order valence-corrected chi connectivity index (χ0v) is 17.0. The van der Waals surface area contributed by atoms with E-state index in [1.807, 2.05) is 30.9 Å². The number of aryl methyl sites for hydroxylation is 2. The molecule has 4 heterocycles. The van der Waals surface area contributed by atoms with Gasteiger partial charge in [0.1, 0.15) is 21.9 Å². The fourth-order valence-corrected chi connectivity index (χ4v) is 4.52. The number of aromatic nitrogens is 4. The predicted molar refractivity (Wildman–Crippen MR) is 107 cm³/mol. The van der Waals surface area contributed by atoms with Crippen LogP contribution < -0.4 is 4.90 Å². The quantitative estimate of drug-likeness (QED) is 0.608. The molecule has 0 aliphatic carbocycles. The lowest BCUT2D eigenvalue weighted by molar-refractivity contribution is 0.0272. The van der Waals surface area contributed by atoms with Crippen molar-refractivity contribution >= 4 is 33.3 Å². The van der Waals surface area contributed by atoms with Gasteiger partial charge in [0.15, 0.2) is 0 Å². The molecule has 1 aliphatic rings. The molecule has 9 heteroatoms. The summed E-state index contributed by atoms with van der Waals surface area (Å²) in [5.41, 5.74) is 2.00. The van der Waals surface area contributed by atoms with Gasteiger partial charge in [-0.2, -0.15) is 5.10 Å². The molecule has 0 saturated carbocycles. The first-order chi connectivity index (χ1) is 13.6. The van der Waals surface area contributed by atoms with E-state index in [0.717, 1.165) is 33.7 Å². The smallest absolute Gasteiger partial charge is 0.348 e. The van der Waals surface area contributed by atoms with Gasteiger partial charge in [-0.25, -0.2) is 14.8 Å². The molecule has 0 bridgehead atoms. The third-order valence-electron chi connectivity index (χ3n) is 4.76. The van der Waals surface area contributed by atoms with Crippen molar-refractivity contribution in [2.24, 2.45) is 0 Å². The molecule has 3 aromatic rings. The standard InChI is InChI=1S/C19H23N5O3S/c1-4-26-19(25)16-13(3)15-17(20-11-21-18(15)28-16)23-5-6-27-14(9-23)10-24-8-12(2)7-22-24/h7-8,11,14H,4-6,9-10H2,1-3H3. The number of carbonyl (C=O) groups excluding carboxylic acids is 1. The maximum atomic E-state index is 12.3. The van der Waals surface area contributed by atoms with Crippen molar-refractivity contribution in [3.8, 4) is 0 Å². The Kier molecular flexibility index (Phi) is 5.27. The Morgan fingerprint density at radius 3 is 3.00 bits per heavy atom. The van der Waals surface area contributed by atoms with Crippen molar-refractivity contribution in [3.05, 3.63) is 34.7 Å². The number of rotatable bonds is 5. The molecule has 4 rings (SSSR count). The van der Waals surface area contributed by atoms with E-state index in [0.29, 0.717) is 31.2 Å². The second-order valence-corrected chi connectivity index (χ2v) is 7.83. The number of ether oxygens (including phenoxy) is 2. The van der Waals surface area contributed by atoms with Crippen LogP contribution in [-0.2, 0) is 16.0 Å². The molecule has 1 fully saturated rings. The van der Waals surface area contributed by atoms with Crippen molar-refractivity contribution in [2.75, 3.05) is 31.2 Å². The summed E-state index contributed by atoms with van der Waals surface area (Å²) < 4.78 is 13.0. The number of nitrogens with zero attached hydrogens (tertiary/aromatic N) is 5. The van der Waals surface area contributed by atoms with Crippen LogP contribution >= 0.6 is 11.3 Å². The highest BCUT2D eigenvalue weighted by atomic mass is 32.1. The van der Waals surface area contributed by atoms with Gasteiger partial charge in [-0.05, 0) is 31.9 Å². The summed E-state index contributed by atoms with van der Waals surface area (Å²) in [6.45, 7) is 8.86. The summed E-state index contributed by atoms with van der Waals surface area (Å²) in [7, 11) is 0. The molecule has 0 amide bonds. The monoisotopic (exact) mass is 401 g/mol. The lowest BCUT2D eigenvalue weighted by atomic mass is 10.1. The number of anilines is 1. The zero-order chi connectivity index (χ0) is 19.7. The second kappa shape index (κ2) is 7.84. The molecule has 148 valence electrons. The summed E-state index contributed by atoms with van der Waals surface area (Å²) >= 11 is 1.36. The number of fused-ring (bicyclic) bond motifs is 1. The second-order valence-electron chi connectivity index (χ2n) is 6.83. The third-order valence-corrected chi connectivity index (χ3v) is 5.94. The van der Waals surface area contributed by atoms with Gasteiger partial charge in [0, 0.05) is 19.3 Å². The first-order valence-corrected chi connectivity index (χ1v) is 10.1. The molecular formula is C19H23N5O3S. The minimum Gasteiger partial charge on any atom is -0.462 e. The van der Waals surface area contributed by atoms with Crippen LogP contribution in [0.4, 0.5) is 5.82 Å². The van der Waals surface area contributed by atoms with E-state index in [4.69, 9.17) is 9.47 Å². The van der Waals surface area contributed by atoms with Crippen LogP contribution in [0, 0.1) is 13.8 Å². The lowest BCUT2D eigenvalue weighted by Gasteiger charge is -2.34. The highest BCUT2D eigenvalue weighted by Crippen LogP contribution is 2.35. The van der Waals surface area contributed by atoms with Crippen LogP contribution in [0.5, 0.6) is 0 Å². The van der Waals surface area contributed by atoms with E-state index in [1.165, 1.54) is 11.3 Å². The van der Waals surface area contributed by atoms with Gasteiger partial charge < -0.3 is 14.4 Å². The van der Waals surface area contributed by atoms with E-state index in [9.17, 15) is 4.79 Å². The minimum atomic E-state index is -0.303. The van der Waals surface area contributed by atoms with E-state index in [1.54, 1.807) is 13.3 Å². The lowest BCUT2D eigenvalue weighted by Crippen LogP contribution is -2.44. The third kappa shape index (κ3) is 3.59. The number of hydrogen-bond acceptors (Lipinski definition) is 8. The van der Waals surface area contributed by atoms with E-state index in [-0.39, 0.29) is 12.1 Å². The van der Waals surface area contributed by atoms with Gasteiger partial charge in [-0.3, -0.25) is 4.68 Å². The molecule has 0 N–H and O–H groups in total. The molecular weight excluding hydrogens is 378 g/mol. The topological polar surface area (TPSA) is 82.4 Å². The van der Waals surface area contributed by atoms with E-state index >= 15 is 0 Å². The summed E-state index contributed by atoms with van der Waals surface area (Å²) in [4.78, 5) is 24.8. The molecule has 1 atom stereocenters. The first kappa shape index (κ1) is 18.8. The number of carbonyl (C=O) groups is 1. The van der Waals surface area contributed by atoms with Gasteiger partial charge in [-0.1, -0.05) is 0 Å². The summed E-state index contributed by atoms with van der Waals surface area (Å²) in [6, 6.07) is 0. The Bertz CT molecular complexity index is 999. The first-order valence-electron chi connectivity index (χ1n) is 9.33. The van der Waals surface area contributed by atoms with Crippen LogP contribution in [0.1, 0.15) is 27.7 Å². The van der Waals surface area contributed by atoms with Crippen molar-refractivity contribution < 1.29 is 14.3 Å². The highest BCUT2D eigenvalue weighted by Gasteiger charge is 2.27. The van der Waals surface area contributed by atoms with Crippen LogP contribution in [-0.4, -0.2) is 58.1 Å². The van der Waals surface area contributed by atoms with Gasteiger partial charge in [0.05, 0.1) is 37.4 Å². The molecule has 28 heavy (non-hydrogen) atoms. The number of esters is 1. The predicted octanol–water partition coefficient (Wildman–Crippen LogP) is 2.59. The Morgan fingerprint density at radius 1 is 1.39 bits per heavy atom. The Morgan fingerprint density at radius 2 is 2.25 bits per heavy atom. The molecule has 1 aliphatic heterocycles. The molecule has 0 spiro atoms. The summed E-state index contributed by atoms with van der Waals surface area (Å²) in [6.07, 6.45) is 5.44. The van der Waals surface area contributed by atoms with Crippen molar-refractivity contribution in [1.29, 1.82) is 0 Å². The minimum absolute atomic E-state index is 0.0153. The van der Waals surface area contributed by atoms with Crippen LogP contribution in [0.25, 0.3) is 10.2 Å². The molecule has 0 radical (unpaired) electrons. The van der Waals surface area contributed by atoms with Gasteiger partial charge >= 0.3 is 5.97 Å². The average Bonchev–Trinajstić information content (AvgIpc) is 3.25. The normalized spacial score (nSPS) is 17.2. The number of morpholine rings is 1. The molecule has 3 aromatic heterocycles. The molecule has 0 aromatic carbocycles. The maximum absolute atomic E-state index is 12.3. The van der Waals surface area contributed by atoms with Crippen LogP contribution in [0.15, 0.2) is 18.7 Å². The van der Waals surface area contributed by atoms with Gasteiger partial charge in [-0.15, -0.1) is 11.3 Å². The van der Waals surface area contributed by atoms with Crippen LogP contribution in [0.3, 0.4) is 0 Å².